The van der Waals surface area contributed by atoms with E-state index in [1.165, 1.54) is 11.3 Å². The monoisotopic (exact) mass is 236 g/mol. The van der Waals surface area contributed by atoms with Crippen molar-refractivity contribution in [1.82, 2.24) is 10.2 Å². The zero-order valence-corrected chi connectivity index (χ0v) is 7.85. The summed E-state index contributed by atoms with van der Waals surface area (Å²) in [6, 6.07) is 0. The molecule has 0 saturated heterocycles. The molecule has 4 nitrogen and oxygen atoms in total. The first kappa shape index (κ1) is 8.61. The normalized spacial score (nSPS) is 9.91. The summed E-state index contributed by atoms with van der Waals surface area (Å²) >= 11 is 4.50. The van der Waals surface area contributed by atoms with Gasteiger partial charge < -0.3 is 5.11 Å². The zero-order valence-electron chi connectivity index (χ0n) is 5.45. The van der Waals surface area contributed by atoms with Crippen LogP contribution in [0.1, 0.15) is 11.4 Å². The molecule has 0 fully saturated rings. The average Bonchev–Trinajstić information content (AvgIpc) is 2.31. The van der Waals surface area contributed by atoms with E-state index in [-0.39, 0.29) is 6.42 Å². The lowest BCUT2D eigenvalue weighted by atomic mass is 10.3. The lowest BCUT2D eigenvalue weighted by Gasteiger charge is -1.87. The molecule has 0 amide bonds. The van der Waals surface area contributed by atoms with Crippen LogP contribution >= 0.6 is 27.3 Å². The summed E-state index contributed by atoms with van der Waals surface area (Å²) in [7, 11) is 0. The number of carboxylic acids is 1. The van der Waals surface area contributed by atoms with Crippen molar-refractivity contribution >= 4 is 33.2 Å². The molecule has 1 aromatic rings. The summed E-state index contributed by atoms with van der Waals surface area (Å²) < 4.78 is 0.692. The number of hydrogen-bond donors (Lipinski definition) is 1. The van der Waals surface area contributed by atoms with Crippen LogP contribution in [-0.4, -0.2) is 21.3 Å². The Bertz CT molecular complexity index is 263. The molecule has 1 heterocycles. The molecule has 0 aromatic carbocycles. The lowest BCUT2D eigenvalue weighted by molar-refractivity contribution is -0.136. The molecule has 1 aromatic heterocycles. The van der Waals surface area contributed by atoms with E-state index in [2.05, 4.69) is 26.1 Å². The Hall–Kier alpha value is -0.490. The molecule has 0 bridgehead atoms. The molecular formula is C5H5BrN2O2S. The van der Waals surface area contributed by atoms with Crippen molar-refractivity contribution in [3.05, 3.63) is 8.92 Å². The maximum atomic E-state index is 10.1. The van der Waals surface area contributed by atoms with Crippen LogP contribution in [-0.2, 0) is 11.2 Å². The minimum Gasteiger partial charge on any atom is -0.481 e. The van der Waals surface area contributed by atoms with Gasteiger partial charge in [-0.3, -0.25) is 4.79 Å². The Balaban J connectivity index is 2.45. The van der Waals surface area contributed by atoms with Gasteiger partial charge in [-0.25, -0.2) is 0 Å². The number of rotatable bonds is 3. The SMILES string of the molecule is O=C(O)CCc1nnc(Br)s1. The van der Waals surface area contributed by atoms with Crippen LogP contribution in [0.25, 0.3) is 0 Å². The first-order valence-electron chi connectivity index (χ1n) is 2.88. The van der Waals surface area contributed by atoms with E-state index in [9.17, 15) is 4.79 Å². The molecule has 0 aliphatic rings. The van der Waals surface area contributed by atoms with Gasteiger partial charge in [-0.1, -0.05) is 11.3 Å². The van der Waals surface area contributed by atoms with Crippen LogP contribution in [0.2, 0.25) is 0 Å². The number of carboxylic acid groups (broad SMARTS) is 1. The summed E-state index contributed by atoms with van der Waals surface area (Å²) in [5, 5.41) is 16.5. The highest BCUT2D eigenvalue weighted by molar-refractivity contribution is 9.11. The van der Waals surface area contributed by atoms with Gasteiger partial charge in [0.25, 0.3) is 0 Å². The number of aryl methyl sites for hydroxylation is 1. The van der Waals surface area contributed by atoms with E-state index < -0.39 is 5.97 Å². The molecule has 0 aliphatic heterocycles. The van der Waals surface area contributed by atoms with Crippen LogP contribution in [0.15, 0.2) is 3.92 Å². The fourth-order valence-corrected chi connectivity index (χ4v) is 1.75. The second-order valence-corrected chi connectivity index (χ2v) is 4.18. The van der Waals surface area contributed by atoms with E-state index in [4.69, 9.17) is 5.11 Å². The second-order valence-electron chi connectivity index (χ2n) is 1.84. The molecule has 0 radical (unpaired) electrons. The van der Waals surface area contributed by atoms with Crippen LogP contribution in [0, 0.1) is 0 Å². The highest BCUT2D eigenvalue weighted by atomic mass is 79.9. The first-order chi connectivity index (χ1) is 5.18. The van der Waals surface area contributed by atoms with Gasteiger partial charge >= 0.3 is 5.97 Å². The predicted octanol–water partition coefficient (Wildman–Crippen LogP) is 1.32. The molecule has 0 saturated carbocycles. The summed E-state index contributed by atoms with van der Waals surface area (Å²) in [5.74, 6) is -0.809. The van der Waals surface area contributed by atoms with Crippen LogP contribution in [0.3, 0.4) is 0 Å². The van der Waals surface area contributed by atoms with Gasteiger partial charge in [-0.05, 0) is 15.9 Å². The van der Waals surface area contributed by atoms with Crippen molar-refractivity contribution in [3.8, 4) is 0 Å². The Morgan fingerprint density at radius 2 is 2.36 bits per heavy atom. The third kappa shape index (κ3) is 2.94. The molecule has 6 heteroatoms. The fraction of sp³-hybridized carbons (Fsp3) is 0.400. The predicted molar refractivity (Wildman–Crippen MR) is 43.6 cm³/mol. The third-order valence-electron chi connectivity index (χ3n) is 0.995. The van der Waals surface area contributed by atoms with Gasteiger partial charge in [0.15, 0.2) is 3.92 Å². The summed E-state index contributed by atoms with van der Waals surface area (Å²) in [6.45, 7) is 0. The minimum atomic E-state index is -0.809. The smallest absolute Gasteiger partial charge is 0.303 e. The molecule has 60 valence electrons. The van der Waals surface area contributed by atoms with Gasteiger partial charge in [0, 0.05) is 6.42 Å². The molecular weight excluding hydrogens is 232 g/mol. The maximum absolute atomic E-state index is 10.1. The Morgan fingerprint density at radius 3 is 2.82 bits per heavy atom. The van der Waals surface area contributed by atoms with Crippen molar-refractivity contribution in [2.24, 2.45) is 0 Å². The molecule has 0 spiro atoms. The van der Waals surface area contributed by atoms with E-state index >= 15 is 0 Å². The van der Waals surface area contributed by atoms with Crippen molar-refractivity contribution in [2.75, 3.05) is 0 Å². The molecule has 11 heavy (non-hydrogen) atoms. The van der Waals surface area contributed by atoms with Crippen molar-refractivity contribution in [1.29, 1.82) is 0 Å². The Labute approximate surface area is 75.4 Å². The molecule has 1 N–H and O–H groups in total. The molecule has 0 unspecified atom stereocenters. The third-order valence-corrected chi connectivity index (χ3v) is 2.41. The van der Waals surface area contributed by atoms with Crippen molar-refractivity contribution in [3.63, 3.8) is 0 Å². The largest absolute Gasteiger partial charge is 0.481 e. The lowest BCUT2D eigenvalue weighted by Crippen LogP contribution is -1.96. The molecule has 0 aliphatic carbocycles. The van der Waals surface area contributed by atoms with Gasteiger partial charge in [-0.2, -0.15) is 0 Å². The van der Waals surface area contributed by atoms with Crippen LogP contribution in [0.5, 0.6) is 0 Å². The standard InChI is InChI=1S/C5H5BrN2O2S/c6-5-8-7-3(11-5)1-2-4(9)10/h1-2H2,(H,9,10). The van der Waals surface area contributed by atoms with Crippen molar-refractivity contribution < 1.29 is 9.90 Å². The zero-order chi connectivity index (χ0) is 8.27. The minimum absolute atomic E-state index is 0.113. The van der Waals surface area contributed by atoms with E-state index in [0.717, 1.165) is 5.01 Å². The summed E-state index contributed by atoms with van der Waals surface area (Å²) in [4.78, 5) is 10.1. The molecule has 1 rings (SSSR count). The number of carbonyl (C=O) groups is 1. The molecule has 0 atom stereocenters. The number of hydrogen-bond acceptors (Lipinski definition) is 4. The first-order valence-corrected chi connectivity index (χ1v) is 4.49. The number of nitrogens with zero attached hydrogens (tertiary/aromatic N) is 2. The van der Waals surface area contributed by atoms with Gasteiger partial charge in [0.2, 0.25) is 0 Å². The van der Waals surface area contributed by atoms with Gasteiger partial charge in [0.1, 0.15) is 5.01 Å². The Morgan fingerprint density at radius 1 is 1.64 bits per heavy atom. The number of aliphatic carboxylic acids is 1. The Kier molecular flexibility index (Phi) is 2.95. The van der Waals surface area contributed by atoms with Crippen LogP contribution in [0.4, 0.5) is 0 Å². The quantitative estimate of drug-likeness (QED) is 0.860. The number of aromatic nitrogens is 2. The maximum Gasteiger partial charge on any atom is 0.303 e. The summed E-state index contributed by atoms with van der Waals surface area (Å²) in [5.41, 5.74) is 0. The number of halogens is 1. The highest BCUT2D eigenvalue weighted by Crippen LogP contribution is 2.16. The van der Waals surface area contributed by atoms with Gasteiger partial charge in [0.05, 0.1) is 6.42 Å². The second kappa shape index (κ2) is 3.77. The van der Waals surface area contributed by atoms with Crippen molar-refractivity contribution in [2.45, 2.75) is 12.8 Å². The van der Waals surface area contributed by atoms with E-state index in [1.807, 2.05) is 0 Å². The highest BCUT2D eigenvalue weighted by Gasteiger charge is 2.03. The van der Waals surface area contributed by atoms with E-state index in [1.54, 1.807) is 0 Å². The van der Waals surface area contributed by atoms with Gasteiger partial charge in [-0.15, -0.1) is 10.2 Å². The fourth-order valence-electron chi connectivity index (χ4n) is 0.548. The summed E-state index contributed by atoms with van der Waals surface area (Å²) in [6.07, 6.45) is 0.570. The van der Waals surface area contributed by atoms with Crippen LogP contribution < -0.4 is 0 Å². The average molecular weight is 237 g/mol. The topological polar surface area (TPSA) is 63.1 Å². The van der Waals surface area contributed by atoms with E-state index in [0.29, 0.717) is 10.3 Å².